The first-order valence-corrected chi connectivity index (χ1v) is 5.39. The van der Waals surface area contributed by atoms with Crippen LogP contribution in [0.1, 0.15) is 17.0 Å². The van der Waals surface area contributed by atoms with Gasteiger partial charge in [0.2, 0.25) is 5.91 Å². The van der Waals surface area contributed by atoms with E-state index < -0.39 is 0 Å². The van der Waals surface area contributed by atoms with Crippen molar-refractivity contribution in [2.24, 2.45) is 5.73 Å². The van der Waals surface area contributed by atoms with Gasteiger partial charge in [-0.15, -0.1) is 0 Å². The molecule has 0 aromatic carbocycles. The summed E-state index contributed by atoms with van der Waals surface area (Å²) in [6.07, 6.45) is 1.71. The Kier molecular flexibility index (Phi) is 3.06. The number of nitrogens with one attached hydrogen (secondary N) is 1. The molecule has 0 radical (unpaired) electrons. The lowest BCUT2D eigenvalue weighted by Gasteiger charge is -2.03. The number of hydrogen-bond acceptors (Lipinski definition) is 4. The van der Waals surface area contributed by atoms with Gasteiger partial charge in [0, 0.05) is 23.5 Å². The first kappa shape index (κ1) is 11.5. The Morgan fingerprint density at radius 3 is 3.00 bits per heavy atom. The van der Waals surface area contributed by atoms with Crippen molar-refractivity contribution in [2.45, 2.75) is 20.4 Å². The van der Waals surface area contributed by atoms with Crippen molar-refractivity contribution in [2.75, 3.05) is 6.54 Å². The summed E-state index contributed by atoms with van der Waals surface area (Å²) in [6, 6.07) is 1.96. The number of hydrogen-bond donors (Lipinski definition) is 2. The van der Waals surface area contributed by atoms with Crippen LogP contribution in [-0.2, 0) is 11.3 Å². The summed E-state index contributed by atoms with van der Waals surface area (Å²) in [7, 11) is 0. The molecule has 2 aromatic rings. The van der Waals surface area contributed by atoms with Crippen LogP contribution in [0.5, 0.6) is 0 Å². The molecule has 0 spiro atoms. The normalized spacial score (nSPS) is 10.8. The summed E-state index contributed by atoms with van der Waals surface area (Å²) in [5.41, 5.74) is 8.84. The van der Waals surface area contributed by atoms with E-state index in [0.717, 1.165) is 22.6 Å². The molecule has 0 aliphatic rings. The number of nitrogens with two attached hydrogens (primary N) is 1. The Hall–Kier alpha value is -1.95. The Morgan fingerprint density at radius 2 is 2.29 bits per heavy atom. The molecular weight excluding hydrogens is 218 g/mol. The molecule has 6 heteroatoms. The highest BCUT2D eigenvalue weighted by molar-refractivity contribution is 5.77. The van der Waals surface area contributed by atoms with E-state index in [-0.39, 0.29) is 12.5 Å². The van der Waals surface area contributed by atoms with Gasteiger partial charge >= 0.3 is 0 Å². The molecule has 2 rings (SSSR count). The second-order valence-electron chi connectivity index (χ2n) is 3.92. The van der Waals surface area contributed by atoms with Crippen LogP contribution in [0.3, 0.4) is 0 Å². The first-order chi connectivity index (χ1) is 8.11. The fourth-order valence-corrected chi connectivity index (χ4v) is 1.71. The minimum Gasteiger partial charge on any atom is -0.351 e. The molecule has 1 amide bonds. The lowest BCUT2D eigenvalue weighted by molar-refractivity contribution is -0.119. The molecule has 0 unspecified atom stereocenters. The summed E-state index contributed by atoms with van der Waals surface area (Å²) < 4.78 is 1.76. The Morgan fingerprint density at radius 1 is 1.53 bits per heavy atom. The largest absolute Gasteiger partial charge is 0.351 e. The highest BCUT2D eigenvalue weighted by atomic mass is 16.1. The average Bonchev–Trinajstić information content (AvgIpc) is 2.69. The van der Waals surface area contributed by atoms with Crippen LogP contribution >= 0.6 is 0 Å². The van der Waals surface area contributed by atoms with E-state index in [1.54, 1.807) is 10.7 Å². The van der Waals surface area contributed by atoms with Gasteiger partial charge in [-0.05, 0) is 19.9 Å². The maximum Gasteiger partial charge on any atom is 0.234 e. The molecule has 0 bridgehead atoms. The van der Waals surface area contributed by atoms with Gasteiger partial charge in [-0.3, -0.25) is 4.79 Å². The number of amides is 1. The van der Waals surface area contributed by atoms with E-state index in [1.165, 1.54) is 0 Å². The van der Waals surface area contributed by atoms with E-state index in [2.05, 4.69) is 15.4 Å². The van der Waals surface area contributed by atoms with Gasteiger partial charge in [-0.2, -0.15) is 5.10 Å². The van der Waals surface area contributed by atoms with Gasteiger partial charge in [0.1, 0.15) is 0 Å². The van der Waals surface area contributed by atoms with E-state index >= 15 is 0 Å². The van der Waals surface area contributed by atoms with Crippen LogP contribution < -0.4 is 11.1 Å². The summed E-state index contributed by atoms with van der Waals surface area (Å²) in [5, 5.41) is 6.94. The third-order valence-corrected chi connectivity index (χ3v) is 2.51. The number of aromatic nitrogens is 3. The lowest BCUT2D eigenvalue weighted by Crippen LogP contribution is -2.29. The van der Waals surface area contributed by atoms with E-state index in [9.17, 15) is 4.79 Å². The van der Waals surface area contributed by atoms with Gasteiger partial charge in [-0.25, -0.2) is 9.50 Å². The van der Waals surface area contributed by atoms with Crippen molar-refractivity contribution in [1.29, 1.82) is 0 Å². The topological polar surface area (TPSA) is 85.3 Å². The number of nitrogens with zero attached hydrogens (tertiary/aromatic N) is 3. The molecule has 2 heterocycles. The summed E-state index contributed by atoms with van der Waals surface area (Å²) >= 11 is 0. The lowest BCUT2D eigenvalue weighted by atomic mass is 10.3. The molecule has 0 atom stereocenters. The molecule has 0 fully saturated rings. The molecular formula is C11H15N5O. The molecule has 6 nitrogen and oxygen atoms in total. The van der Waals surface area contributed by atoms with Gasteiger partial charge in [0.25, 0.3) is 0 Å². The predicted octanol–water partition coefficient (Wildman–Crippen LogP) is -0.0790. The molecule has 0 saturated heterocycles. The van der Waals surface area contributed by atoms with E-state index in [0.29, 0.717) is 6.54 Å². The highest BCUT2D eigenvalue weighted by Gasteiger charge is 2.08. The minimum absolute atomic E-state index is 0.00923. The zero-order valence-electron chi connectivity index (χ0n) is 9.90. The van der Waals surface area contributed by atoms with Gasteiger partial charge in [-0.1, -0.05) is 0 Å². The van der Waals surface area contributed by atoms with Gasteiger partial charge < -0.3 is 11.1 Å². The molecule has 90 valence electrons. The van der Waals surface area contributed by atoms with Crippen LogP contribution in [0, 0.1) is 13.8 Å². The number of rotatable bonds is 3. The minimum atomic E-state index is -0.186. The quantitative estimate of drug-likeness (QED) is 0.776. The van der Waals surface area contributed by atoms with Crippen molar-refractivity contribution in [1.82, 2.24) is 19.9 Å². The Bertz CT molecular complexity index is 560. The second-order valence-corrected chi connectivity index (χ2v) is 3.92. The third-order valence-electron chi connectivity index (χ3n) is 2.51. The van der Waals surface area contributed by atoms with Crippen LogP contribution in [0.2, 0.25) is 0 Å². The molecule has 0 saturated carbocycles. The summed E-state index contributed by atoms with van der Waals surface area (Å²) in [6.45, 7) is 4.29. The average molecular weight is 233 g/mol. The van der Waals surface area contributed by atoms with Gasteiger partial charge in [0.05, 0.1) is 12.7 Å². The van der Waals surface area contributed by atoms with E-state index in [4.69, 9.17) is 5.73 Å². The van der Waals surface area contributed by atoms with Crippen molar-refractivity contribution in [3.63, 3.8) is 0 Å². The Labute approximate surface area is 98.8 Å². The van der Waals surface area contributed by atoms with Crippen LogP contribution in [0.4, 0.5) is 0 Å². The number of aryl methyl sites for hydroxylation is 2. The molecule has 17 heavy (non-hydrogen) atoms. The fourth-order valence-electron chi connectivity index (χ4n) is 1.71. The third kappa shape index (κ3) is 2.26. The Balaban J connectivity index is 2.32. The van der Waals surface area contributed by atoms with Gasteiger partial charge in [0.15, 0.2) is 5.65 Å². The highest BCUT2D eigenvalue weighted by Crippen LogP contribution is 2.11. The molecule has 2 aromatic heterocycles. The van der Waals surface area contributed by atoms with Crippen LogP contribution in [0.15, 0.2) is 12.3 Å². The smallest absolute Gasteiger partial charge is 0.234 e. The zero-order valence-corrected chi connectivity index (χ0v) is 9.90. The monoisotopic (exact) mass is 233 g/mol. The number of fused-ring (bicyclic) bond motifs is 1. The van der Waals surface area contributed by atoms with Crippen LogP contribution in [-0.4, -0.2) is 27.0 Å². The predicted molar refractivity (Wildman–Crippen MR) is 63.4 cm³/mol. The van der Waals surface area contributed by atoms with Crippen LogP contribution in [0.25, 0.3) is 5.65 Å². The van der Waals surface area contributed by atoms with E-state index in [1.807, 2.05) is 19.9 Å². The van der Waals surface area contributed by atoms with Crippen molar-refractivity contribution in [3.05, 3.63) is 29.2 Å². The summed E-state index contributed by atoms with van der Waals surface area (Å²) in [5.74, 6) is -0.186. The standard InChI is InChI=1S/C11H15N5O/c1-7-3-8(2)16-11(15-7)9(6-14-16)5-13-10(17)4-12/h3,6H,4-5,12H2,1-2H3,(H,13,17). The molecule has 0 aliphatic carbocycles. The molecule has 0 aliphatic heterocycles. The maximum atomic E-state index is 11.1. The fraction of sp³-hybridized carbons (Fsp3) is 0.364. The van der Waals surface area contributed by atoms with Crippen molar-refractivity contribution < 1.29 is 4.79 Å². The molecule has 3 N–H and O–H groups in total. The first-order valence-electron chi connectivity index (χ1n) is 5.39. The maximum absolute atomic E-state index is 11.1. The second kappa shape index (κ2) is 4.50. The summed E-state index contributed by atoms with van der Waals surface area (Å²) in [4.78, 5) is 15.5. The van der Waals surface area contributed by atoms with Crippen molar-refractivity contribution in [3.8, 4) is 0 Å². The SMILES string of the molecule is Cc1cc(C)n2ncc(CNC(=O)CN)c2n1. The number of carbonyl (C=O) groups is 1. The zero-order chi connectivity index (χ0) is 12.4. The van der Waals surface area contributed by atoms with Crippen molar-refractivity contribution >= 4 is 11.6 Å². The number of carbonyl (C=O) groups excluding carboxylic acids is 1.